The third-order valence-corrected chi connectivity index (χ3v) is 4.50. The van der Waals surface area contributed by atoms with Gasteiger partial charge in [0.15, 0.2) is 0 Å². The summed E-state index contributed by atoms with van der Waals surface area (Å²) in [7, 11) is 0. The second kappa shape index (κ2) is 11.1. The first-order valence-corrected chi connectivity index (χ1v) is 9.87. The maximum Gasteiger partial charge on any atom is 0.319 e. The molecule has 4 N–H and O–H groups in total. The van der Waals surface area contributed by atoms with Crippen molar-refractivity contribution in [1.82, 2.24) is 16.0 Å². The number of hydrogen-bond acceptors (Lipinski definition) is 3. The zero-order chi connectivity index (χ0) is 19.5. The molecule has 0 aliphatic rings. The van der Waals surface area contributed by atoms with Crippen LogP contribution in [-0.2, 0) is 6.54 Å². The highest BCUT2D eigenvalue weighted by Gasteiger charge is 2.04. The van der Waals surface area contributed by atoms with Crippen LogP contribution in [0, 0.1) is 0 Å². The molecule has 0 bridgehead atoms. The van der Waals surface area contributed by atoms with Gasteiger partial charge in [-0.05, 0) is 43.7 Å². The summed E-state index contributed by atoms with van der Waals surface area (Å²) in [5.74, 6) is 0.816. The molecule has 0 unspecified atom stereocenters. The lowest BCUT2D eigenvalue weighted by Gasteiger charge is -2.11. The van der Waals surface area contributed by atoms with Crippen LogP contribution in [-0.4, -0.2) is 30.4 Å². The predicted octanol–water partition coefficient (Wildman–Crippen LogP) is 3.81. The number of carbonyl (C=O) groups excluding carboxylic acids is 2. The van der Waals surface area contributed by atoms with Crippen molar-refractivity contribution in [1.29, 1.82) is 0 Å². The molecule has 0 saturated heterocycles. The molecular weight excluding hydrogens is 360 g/mol. The number of urea groups is 2. The van der Waals surface area contributed by atoms with Crippen LogP contribution in [0.4, 0.5) is 15.3 Å². The molecular formula is C20H26N4O2S. The minimum absolute atomic E-state index is 0.0816. The molecule has 0 atom stereocenters. The highest BCUT2D eigenvalue weighted by molar-refractivity contribution is 7.99. The first-order chi connectivity index (χ1) is 13.0. The summed E-state index contributed by atoms with van der Waals surface area (Å²) >= 11 is 1.70. The standard InChI is InChI=1S/C20H26N4O2S/c1-15(2)23-20(26)24-17-10-8-16(9-11-17)14-22-19(25)21-12-13-27-18-6-4-3-5-7-18/h3-11,15H,12-14H2,1-2H3,(H2,21,22,25)(H2,23,24,26). The number of anilines is 1. The number of amides is 4. The van der Waals surface area contributed by atoms with Crippen molar-refractivity contribution in [3.8, 4) is 0 Å². The van der Waals surface area contributed by atoms with Crippen LogP contribution in [0.3, 0.4) is 0 Å². The van der Waals surface area contributed by atoms with E-state index in [1.807, 2.05) is 56.3 Å². The van der Waals surface area contributed by atoms with E-state index < -0.39 is 0 Å². The van der Waals surface area contributed by atoms with Gasteiger partial charge in [0.1, 0.15) is 0 Å². The molecule has 0 radical (unpaired) electrons. The van der Waals surface area contributed by atoms with Gasteiger partial charge in [0.25, 0.3) is 0 Å². The molecule has 2 rings (SSSR count). The lowest BCUT2D eigenvalue weighted by Crippen LogP contribution is -2.36. The molecule has 0 aliphatic heterocycles. The first kappa shape index (κ1) is 20.6. The summed E-state index contributed by atoms with van der Waals surface area (Å²) in [6.07, 6.45) is 0. The number of thioether (sulfide) groups is 1. The zero-order valence-electron chi connectivity index (χ0n) is 15.6. The van der Waals surface area contributed by atoms with Crippen LogP contribution in [0.1, 0.15) is 19.4 Å². The fourth-order valence-electron chi connectivity index (χ4n) is 2.23. The fourth-order valence-corrected chi connectivity index (χ4v) is 3.02. The number of hydrogen-bond donors (Lipinski definition) is 4. The minimum atomic E-state index is -0.233. The van der Waals surface area contributed by atoms with Crippen molar-refractivity contribution in [3.05, 3.63) is 60.2 Å². The Morgan fingerprint density at radius 2 is 1.63 bits per heavy atom. The van der Waals surface area contributed by atoms with Gasteiger partial charge in [-0.25, -0.2) is 9.59 Å². The average molecular weight is 387 g/mol. The molecule has 4 amide bonds. The van der Waals surface area contributed by atoms with Crippen molar-refractivity contribution in [2.24, 2.45) is 0 Å². The summed E-state index contributed by atoms with van der Waals surface area (Å²) in [5.41, 5.74) is 1.66. The largest absolute Gasteiger partial charge is 0.337 e. The van der Waals surface area contributed by atoms with Crippen LogP contribution in [0.15, 0.2) is 59.5 Å². The van der Waals surface area contributed by atoms with Gasteiger partial charge in [0.2, 0.25) is 0 Å². The maximum atomic E-state index is 11.8. The van der Waals surface area contributed by atoms with Crippen molar-refractivity contribution < 1.29 is 9.59 Å². The van der Waals surface area contributed by atoms with Gasteiger partial charge in [-0.1, -0.05) is 30.3 Å². The summed E-state index contributed by atoms with van der Waals surface area (Å²) < 4.78 is 0. The Hall–Kier alpha value is -2.67. The van der Waals surface area contributed by atoms with E-state index in [2.05, 4.69) is 33.4 Å². The molecule has 0 heterocycles. The lowest BCUT2D eigenvalue weighted by molar-refractivity contribution is 0.241. The number of rotatable bonds is 8. The maximum absolute atomic E-state index is 11.8. The second-order valence-electron chi connectivity index (χ2n) is 6.22. The monoisotopic (exact) mass is 386 g/mol. The predicted molar refractivity (Wildman–Crippen MR) is 111 cm³/mol. The van der Waals surface area contributed by atoms with Gasteiger partial charge in [-0.15, -0.1) is 11.8 Å². The van der Waals surface area contributed by atoms with E-state index >= 15 is 0 Å². The Labute approximate surface area is 164 Å². The van der Waals surface area contributed by atoms with E-state index in [1.54, 1.807) is 11.8 Å². The van der Waals surface area contributed by atoms with Gasteiger partial charge < -0.3 is 21.3 Å². The van der Waals surface area contributed by atoms with Crippen LogP contribution in [0.25, 0.3) is 0 Å². The second-order valence-corrected chi connectivity index (χ2v) is 7.39. The van der Waals surface area contributed by atoms with Gasteiger partial charge in [0.05, 0.1) is 0 Å². The molecule has 2 aromatic carbocycles. The summed E-state index contributed by atoms with van der Waals surface area (Å²) in [6, 6.07) is 17.1. The van der Waals surface area contributed by atoms with E-state index in [0.29, 0.717) is 18.8 Å². The van der Waals surface area contributed by atoms with Gasteiger partial charge in [-0.3, -0.25) is 0 Å². The topological polar surface area (TPSA) is 82.3 Å². The van der Waals surface area contributed by atoms with Gasteiger partial charge in [0, 0.05) is 35.5 Å². The van der Waals surface area contributed by atoms with Crippen LogP contribution < -0.4 is 21.3 Å². The SMILES string of the molecule is CC(C)NC(=O)Nc1ccc(CNC(=O)NCCSc2ccccc2)cc1. The highest BCUT2D eigenvalue weighted by atomic mass is 32.2. The Kier molecular flexibility index (Phi) is 8.51. The molecule has 0 fully saturated rings. The molecule has 7 heteroatoms. The summed E-state index contributed by atoms with van der Waals surface area (Å²) in [6.45, 7) is 4.83. The highest BCUT2D eigenvalue weighted by Crippen LogP contribution is 2.15. The van der Waals surface area contributed by atoms with E-state index in [-0.39, 0.29) is 18.1 Å². The fraction of sp³-hybridized carbons (Fsp3) is 0.300. The van der Waals surface area contributed by atoms with E-state index in [1.165, 1.54) is 4.90 Å². The van der Waals surface area contributed by atoms with Gasteiger partial charge in [-0.2, -0.15) is 0 Å². The molecule has 2 aromatic rings. The van der Waals surface area contributed by atoms with E-state index in [4.69, 9.17) is 0 Å². The quantitative estimate of drug-likeness (QED) is 0.411. The molecule has 27 heavy (non-hydrogen) atoms. The van der Waals surface area contributed by atoms with Crippen LogP contribution in [0.5, 0.6) is 0 Å². The molecule has 0 saturated carbocycles. The lowest BCUT2D eigenvalue weighted by atomic mass is 10.2. The Balaban J connectivity index is 1.63. The van der Waals surface area contributed by atoms with Crippen molar-refractivity contribution >= 4 is 29.5 Å². The number of carbonyl (C=O) groups is 2. The first-order valence-electron chi connectivity index (χ1n) is 8.89. The Morgan fingerprint density at radius 3 is 2.30 bits per heavy atom. The molecule has 6 nitrogen and oxygen atoms in total. The van der Waals surface area contributed by atoms with Crippen LogP contribution >= 0.6 is 11.8 Å². The molecule has 0 aliphatic carbocycles. The van der Waals surface area contributed by atoms with Crippen molar-refractivity contribution in [2.75, 3.05) is 17.6 Å². The Morgan fingerprint density at radius 1 is 0.926 bits per heavy atom. The molecule has 144 valence electrons. The van der Waals surface area contributed by atoms with E-state index in [9.17, 15) is 9.59 Å². The zero-order valence-corrected chi connectivity index (χ0v) is 16.4. The third kappa shape index (κ3) is 8.50. The smallest absolute Gasteiger partial charge is 0.319 e. The van der Waals surface area contributed by atoms with Gasteiger partial charge >= 0.3 is 12.1 Å². The summed E-state index contributed by atoms with van der Waals surface area (Å²) in [5, 5.41) is 11.2. The summed E-state index contributed by atoms with van der Waals surface area (Å²) in [4.78, 5) is 24.7. The average Bonchev–Trinajstić information content (AvgIpc) is 2.65. The van der Waals surface area contributed by atoms with Crippen molar-refractivity contribution in [3.63, 3.8) is 0 Å². The third-order valence-electron chi connectivity index (χ3n) is 3.48. The van der Waals surface area contributed by atoms with Crippen LogP contribution in [0.2, 0.25) is 0 Å². The normalized spacial score (nSPS) is 10.3. The molecule has 0 aromatic heterocycles. The van der Waals surface area contributed by atoms with E-state index in [0.717, 1.165) is 11.3 Å². The van der Waals surface area contributed by atoms with Crippen molar-refractivity contribution in [2.45, 2.75) is 31.3 Å². The minimum Gasteiger partial charge on any atom is -0.337 e. The number of nitrogens with one attached hydrogen (secondary N) is 4. The number of benzene rings is 2. The molecule has 0 spiro atoms. The Bertz CT molecular complexity index is 721.